The van der Waals surface area contributed by atoms with Crippen LogP contribution in [-0.2, 0) is 9.47 Å². The van der Waals surface area contributed by atoms with Crippen molar-refractivity contribution in [1.82, 2.24) is 0 Å². The summed E-state index contributed by atoms with van der Waals surface area (Å²) in [6.07, 6.45) is 9.47. The molecule has 0 N–H and O–H groups in total. The monoisotopic (exact) mass is 168 g/mol. The lowest BCUT2D eigenvalue weighted by Gasteiger charge is -2.22. The molecule has 68 valence electrons. The van der Waals surface area contributed by atoms with E-state index in [1.54, 1.807) is 0 Å². The molecule has 0 radical (unpaired) electrons. The average molecular weight is 168 g/mol. The molecule has 1 aliphatic rings. The van der Waals surface area contributed by atoms with Crippen molar-refractivity contribution < 1.29 is 9.47 Å². The van der Waals surface area contributed by atoms with E-state index in [1.807, 2.05) is 0 Å². The Bertz CT molecular complexity index is 142. The van der Waals surface area contributed by atoms with Gasteiger partial charge in [-0.05, 0) is 19.3 Å². The number of terminal acetylenes is 1. The van der Waals surface area contributed by atoms with Crippen LogP contribution >= 0.6 is 0 Å². The van der Waals surface area contributed by atoms with Crippen LogP contribution in [0.4, 0.5) is 0 Å². The molecule has 1 atom stereocenters. The Morgan fingerprint density at radius 3 is 3.17 bits per heavy atom. The van der Waals surface area contributed by atoms with Gasteiger partial charge in [0.2, 0.25) is 0 Å². The first kappa shape index (κ1) is 9.57. The van der Waals surface area contributed by atoms with E-state index in [0.717, 1.165) is 45.5 Å². The van der Waals surface area contributed by atoms with Crippen molar-refractivity contribution in [3.8, 4) is 12.3 Å². The highest BCUT2D eigenvalue weighted by Crippen LogP contribution is 2.09. The van der Waals surface area contributed by atoms with Gasteiger partial charge in [0.25, 0.3) is 0 Å². The molecule has 0 amide bonds. The van der Waals surface area contributed by atoms with E-state index in [1.165, 1.54) is 0 Å². The molecule has 2 heteroatoms. The van der Waals surface area contributed by atoms with E-state index in [9.17, 15) is 0 Å². The van der Waals surface area contributed by atoms with Crippen LogP contribution in [0.5, 0.6) is 0 Å². The molecule has 1 unspecified atom stereocenters. The molecule has 2 nitrogen and oxygen atoms in total. The fraction of sp³-hybridized carbons (Fsp3) is 0.800. The molecule has 12 heavy (non-hydrogen) atoms. The number of ether oxygens (including phenoxy) is 2. The van der Waals surface area contributed by atoms with Gasteiger partial charge in [0, 0.05) is 19.6 Å². The standard InChI is InChI=1S/C10H16O2/c1-2-3-4-8-12-10-6-5-7-11-9-10/h1,10H,3-9H2. The van der Waals surface area contributed by atoms with Crippen LogP contribution in [0.2, 0.25) is 0 Å². The molecule has 0 saturated carbocycles. The molecular formula is C10H16O2. The quantitative estimate of drug-likeness (QED) is 0.469. The molecule has 0 bridgehead atoms. The highest BCUT2D eigenvalue weighted by atomic mass is 16.5. The molecule has 0 aliphatic carbocycles. The van der Waals surface area contributed by atoms with E-state index in [-0.39, 0.29) is 0 Å². The number of hydrogen-bond donors (Lipinski definition) is 0. The minimum Gasteiger partial charge on any atom is -0.379 e. The molecule has 1 heterocycles. The molecule has 1 fully saturated rings. The minimum atomic E-state index is 0.316. The molecule has 0 aromatic heterocycles. The first-order chi connectivity index (χ1) is 5.93. The van der Waals surface area contributed by atoms with Crippen molar-refractivity contribution in [3.63, 3.8) is 0 Å². The Labute approximate surface area is 74.2 Å². The van der Waals surface area contributed by atoms with Crippen molar-refractivity contribution in [3.05, 3.63) is 0 Å². The molecule has 1 rings (SSSR count). The van der Waals surface area contributed by atoms with E-state index in [2.05, 4.69) is 5.92 Å². The third-order valence-electron chi connectivity index (χ3n) is 1.94. The summed E-state index contributed by atoms with van der Waals surface area (Å²) in [5, 5.41) is 0. The highest BCUT2D eigenvalue weighted by molar-refractivity contribution is 4.82. The summed E-state index contributed by atoms with van der Waals surface area (Å²) in [5.74, 6) is 2.59. The van der Waals surface area contributed by atoms with Crippen molar-refractivity contribution in [2.24, 2.45) is 0 Å². The first-order valence-electron chi connectivity index (χ1n) is 4.56. The van der Waals surface area contributed by atoms with Crippen LogP contribution in [0.25, 0.3) is 0 Å². The lowest BCUT2D eigenvalue weighted by molar-refractivity contribution is -0.0501. The summed E-state index contributed by atoms with van der Waals surface area (Å²) in [7, 11) is 0. The lowest BCUT2D eigenvalue weighted by atomic mass is 10.2. The molecule has 0 aromatic rings. The van der Waals surface area contributed by atoms with Crippen molar-refractivity contribution in [2.45, 2.75) is 31.8 Å². The van der Waals surface area contributed by atoms with Crippen LogP contribution in [0.1, 0.15) is 25.7 Å². The van der Waals surface area contributed by atoms with Gasteiger partial charge < -0.3 is 9.47 Å². The molecular weight excluding hydrogens is 152 g/mol. The topological polar surface area (TPSA) is 18.5 Å². The maximum atomic E-state index is 5.56. The zero-order valence-electron chi connectivity index (χ0n) is 7.42. The van der Waals surface area contributed by atoms with E-state index in [0.29, 0.717) is 6.10 Å². The largest absolute Gasteiger partial charge is 0.379 e. The Hall–Kier alpha value is -0.520. The first-order valence-corrected chi connectivity index (χ1v) is 4.56. The van der Waals surface area contributed by atoms with Gasteiger partial charge in [0.05, 0.1) is 12.7 Å². The van der Waals surface area contributed by atoms with Gasteiger partial charge in [-0.2, -0.15) is 0 Å². The fourth-order valence-corrected chi connectivity index (χ4v) is 1.27. The Balaban J connectivity index is 1.95. The van der Waals surface area contributed by atoms with Gasteiger partial charge >= 0.3 is 0 Å². The zero-order valence-corrected chi connectivity index (χ0v) is 7.42. The molecule has 0 aromatic carbocycles. The summed E-state index contributed by atoms with van der Waals surface area (Å²) in [5.41, 5.74) is 0. The van der Waals surface area contributed by atoms with Crippen molar-refractivity contribution in [1.29, 1.82) is 0 Å². The van der Waals surface area contributed by atoms with Gasteiger partial charge in [-0.1, -0.05) is 0 Å². The lowest BCUT2D eigenvalue weighted by Crippen LogP contribution is -2.25. The second-order valence-corrected chi connectivity index (χ2v) is 3.02. The van der Waals surface area contributed by atoms with Gasteiger partial charge in [-0.25, -0.2) is 0 Å². The number of rotatable bonds is 4. The van der Waals surface area contributed by atoms with Gasteiger partial charge in [-0.3, -0.25) is 0 Å². The summed E-state index contributed by atoms with van der Waals surface area (Å²) in [4.78, 5) is 0. The summed E-state index contributed by atoms with van der Waals surface area (Å²) >= 11 is 0. The number of unbranched alkanes of at least 4 members (excludes halogenated alkanes) is 1. The SMILES string of the molecule is C#CCCCOC1CCCOC1. The summed E-state index contributed by atoms with van der Waals surface area (Å²) in [6, 6.07) is 0. The Morgan fingerprint density at radius 2 is 2.50 bits per heavy atom. The third-order valence-corrected chi connectivity index (χ3v) is 1.94. The normalized spacial score (nSPS) is 23.4. The van der Waals surface area contributed by atoms with Crippen molar-refractivity contribution in [2.75, 3.05) is 19.8 Å². The maximum absolute atomic E-state index is 5.56. The van der Waals surface area contributed by atoms with Gasteiger partial charge in [-0.15, -0.1) is 12.3 Å². The summed E-state index contributed by atoms with van der Waals surface area (Å²) < 4.78 is 10.8. The Kier molecular flexibility index (Phi) is 4.82. The van der Waals surface area contributed by atoms with Crippen LogP contribution in [0.3, 0.4) is 0 Å². The summed E-state index contributed by atoms with van der Waals surface area (Å²) in [6.45, 7) is 2.43. The highest BCUT2D eigenvalue weighted by Gasteiger charge is 2.13. The van der Waals surface area contributed by atoms with E-state index in [4.69, 9.17) is 15.9 Å². The Morgan fingerprint density at radius 1 is 1.58 bits per heavy atom. The number of hydrogen-bond acceptors (Lipinski definition) is 2. The van der Waals surface area contributed by atoms with Crippen molar-refractivity contribution >= 4 is 0 Å². The molecule has 1 saturated heterocycles. The average Bonchev–Trinajstić information content (AvgIpc) is 2.14. The fourth-order valence-electron chi connectivity index (χ4n) is 1.27. The van der Waals surface area contributed by atoms with Gasteiger partial charge in [0.15, 0.2) is 0 Å². The van der Waals surface area contributed by atoms with Crippen LogP contribution < -0.4 is 0 Å². The second kappa shape index (κ2) is 6.05. The second-order valence-electron chi connectivity index (χ2n) is 3.02. The predicted molar refractivity (Wildman–Crippen MR) is 47.9 cm³/mol. The smallest absolute Gasteiger partial charge is 0.0809 e. The zero-order chi connectivity index (χ0) is 8.65. The maximum Gasteiger partial charge on any atom is 0.0809 e. The van der Waals surface area contributed by atoms with Crippen LogP contribution in [-0.4, -0.2) is 25.9 Å². The van der Waals surface area contributed by atoms with E-state index >= 15 is 0 Å². The van der Waals surface area contributed by atoms with E-state index < -0.39 is 0 Å². The molecule has 0 spiro atoms. The molecule has 1 aliphatic heterocycles. The van der Waals surface area contributed by atoms with Crippen LogP contribution in [0, 0.1) is 12.3 Å². The predicted octanol–water partition coefficient (Wildman–Crippen LogP) is 1.60. The van der Waals surface area contributed by atoms with Gasteiger partial charge in [0.1, 0.15) is 0 Å². The van der Waals surface area contributed by atoms with Crippen LogP contribution in [0.15, 0.2) is 0 Å². The third kappa shape index (κ3) is 3.75. The minimum absolute atomic E-state index is 0.316.